The first-order valence-corrected chi connectivity index (χ1v) is 7.40. The van der Waals surface area contributed by atoms with E-state index in [0.717, 1.165) is 12.2 Å². The highest BCUT2D eigenvalue weighted by Gasteiger charge is 2.21. The average molecular weight is 271 g/mol. The topological polar surface area (TPSA) is 53.7 Å². The summed E-state index contributed by atoms with van der Waals surface area (Å²) in [6.07, 6.45) is 3.20. The summed E-state index contributed by atoms with van der Waals surface area (Å²) in [5, 5.41) is 8.83. The summed E-state index contributed by atoms with van der Waals surface area (Å²) in [4.78, 5) is 13.0. The number of rotatable bonds is 7. The molecule has 1 rings (SSSR count). The number of thioether (sulfide) groups is 1. The molecule has 18 heavy (non-hydrogen) atoms. The van der Waals surface area contributed by atoms with Crippen molar-refractivity contribution in [3.05, 3.63) is 23.7 Å². The van der Waals surface area contributed by atoms with Gasteiger partial charge in [-0.05, 0) is 51.5 Å². The molecule has 0 aromatic carbocycles. The molecule has 0 radical (unpaired) electrons. The van der Waals surface area contributed by atoms with Crippen LogP contribution in [-0.4, -0.2) is 41.1 Å². The summed E-state index contributed by atoms with van der Waals surface area (Å²) in [5.41, 5.74) is 0. The molecule has 2 unspecified atom stereocenters. The van der Waals surface area contributed by atoms with E-state index in [1.54, 1.807) is 6.07 Å². The summed E-state index contributed by atoms with van der Waals surface area (Å²) in [7, 11) is 2.04. The first kappa shape index (κ1) is 15.1. The monoisotopic (exact) mass is 271 g/mol. The van der Waals surface area contributed by atoms with Gasteiger partial charge in [-0.25, -0.2) is 4.79 Å². The number of furan rings is 1. The van der Waals surface area contributed by atoms with Gasteiger partial charge in [0.2, 0.25) is 5.76 Å². The Balaban J connectivity index is 2.66. The van der Waals surface area contributed by atoms with Gasteiger partial charge in [-0.15, -0.1) is 0 Å². The Morgan fingerprint density at radius 2 is 2.17 bits per heavy atom. The molecule has 2 atom stereocenters. The van der Waals surface area contributed by atoms with E-state index >= 15 is 0 Å². The highest BCUT2D eigenvalue weighted by Crippen LogP contribution is 2.24. The Morgan fingerprint density at radius 1 is 1.50 bits per heavy atom. The summed E-state index contributed by atoms with van der Waals surface area (Å²) in [5.74, 6) is 0.802. The molecule has 1 N–H and O–H groups in total. The fraction of sp³-hybridized carbons (Fsp3) is 0.615. The minimum atomic E-state index is -1.02. The van der Waals surface area contributed by atoms with Gasteiger partial charge in [0, 0.05) is 6.04 Å². The fourth-order valence-corrected chi connectivity index (χ4v) is 2.34. The van der Waals surface area contributed by atoms with E-state index in [4.69, 9.17) is 9.52 Å². The van der Waals surface area contributed by atoms with E-state index < -0.39 is 5.97 Å². The van der Waals surface area contributed by atoms with Crippen molar-refractivity contribution in [1.82, 2.24) is 4.90 Å². The lowest BCUT2D eigenvalue weighted by atomic mass is 10.1. The predicted molar refractivity (Wildman–Crippen MR) is 74.3 cm³/mol. The van der Waals surface area contributed by atoms with E-state index in [0.29, 0.717) is 11.8 Å². The van der Waals surface area contributed by atoms with Crippen molar-refractivity contribution in [2.45, 2.75) is 32.4 Å². The largest absolute Gasteiger partial charge is 0.475 e. The normalized spacial score (nSPS) is 14.7. The number of aromatic carboxylic acids is 1. The maximum absolute atomic E-state index is 10.8. The van der Waals surface area contributed by atoms with Crippen LogP contribution in [0, 0.1) is 0 Å². The molecule has 0 aliphatic rings. The molecule has 0 aliphatic heterocycles. The van der Waals surface area contributed by atoms with Gasteiger partial charge in [0.05, 0.1) is 6.04 Å². The zero-order valence-electron chi connectivity index (χ0n) is 11.3. The maximum Gasteiger partial charge on any atom is 0.371 e. The number of hydrogen-bond acceptors (Lipinski definition) is 4. The van der Waals surface area contributed by atoms with Crippen LogP contribution in [0.4, 0.5) is 0 Å². The maximum atomic E-state index is 10.8. The van der Waals surface area contributed by atoms with Gasteiger partial charge in [-0.1, -0.05) is 0 Å². The van der Waals surface area contributed by atoms with Gasteiger partial charge in [-0.2, -0.15) is 11.8 Å². The summed E-state index contributed by atoms with van der Waals surface area (Å²) < 4.78 is 5.34. The Kier molecular flexibility index (Phi) is 5.75. The van der Waals surface area contributed by atoms with Gasteiger partial charge in [0.1, 0.15) is 5.76 Å². The van der Waals surface area contributed by atoms with E-state index in [1.165, 1.54) is 6.07 Å². The van der Waals surface area contributed by atoms with Crippen molar-refractivity contribution in [2.24, 2.45) is 0 Å². The first-order valence-electron chi connectivity index (χ1n) is 6.01. The zero-order chi connectivity index (χ0) is 13.7. The van der Waals surface area contributed by atoms with Crippen molar-refractivity contribution in [3.63, 3.8) is 0 Å². The lowest BCUT2D eigenvalue weighted by Crippen LogP contribution is -2.32. The molecule has 5 heteroatoms. The van der Waals surface area contributed by atoms with Crippen molar-refractivity contribution in [2.75, 3.05) is 19.1 Å². The van der Waals surface area contributed by atoms with Crippen LogP contribution in [0.2, 0.25) is 0 Å². The summed E-state index contributed by atoms with van der Waals surface area (Å²) in [6.45, 7) is 4.20. The van der Waals surface area contributed by atoms with Crippen LogP contribution in [0.3, 0.4) is 0 Å². The summed E-state index contributed by atoms with van der Waals surface area (Å²) >= 11 is 1.84. The SMILES string of the molecule is CSCCC(C)N(C)C(C)c1ccc(C(=O)O)o1. The number of nitrogens with zero attached hydrogens (tertiary/aromatic N) is 1. The number of hydrogen-bond donors (Lipinski definition) is 1. The third-order valence-electron chi connectivity index (χ3n) is 3.30. The number of carboxylic acids is 1. The van der Waals surface area contributed by atoms with Crippen LogP contribution in [0.5, 0.6) is 0 Å². The van der Waals surface area contributed by atoms with E-state index in [9.17, 15) is 4.79 Å². The van der Waals surface area contributed by atoms with Gasteiger partial charge in [0.25, 0.3) is 0 Å². The Bertz CT molecular complexity index is 391. The minimum absolute atomic E-state index is 0.00187. The molecule has 1 heterocycles. The number of carbonyl (C=O) groups is 1. The molecule has 0 fully saturated rings. The van der Waals surface area contributed by atoms with Crippen LogP contribution in [0.15, 0.2) is 16.5 Å². The van der Waals surface area contributed by atoms with E-state index in [2.05, 4.69) is 18.1 Å². The lowest BCUT2D eigenvalue weighted by Gasteiger charge is -2.29. The van der Waals surface area contributed by atoms with Crippen molar-refractivity contribution in [1.29, 1.82) is 0 Å². The fourth-order valence-electron chi connectivity index (χ4n) is 1.77. The van der Waals surface area contributed by atoms with E-state index in [1.807, 2.05) is 25.7 Å². The Morgan fingerprint density at radius 3 is 2.67 bits per heavy atom. The van der Waals surface area contributed by atoms with Crippen LogP contribution in [-0.2, 0) is 0 Å². The molecule has 0 saturated carbocycles. The minimum Gasteiger partial charge on any atom is -0.475 e. The van der Waals surface area contributed by atoms with Crippen LogP contribution in [0.25, 0.3) is 0 Å². The second kappa shape index (κ2) is 6.85. The van der Waals surface area contributed by atoms with Gasteiger partial charge < -0.3 is 9.52 Å². The quantitative estimate of drug-likeness (QED) is 0.825. The third kappa shape index (κ3) is 3.78. The highest BCUT2D eigenvalue weighted by molar-refractivity contribution is 7.98. The number of carboxylic acid groups (broad SMARTS) is 1. The van der Waals surface area contributed by atoms with Gasteiger partial charge in [0.15, 0.2) is 0 Å². The molecule has 0 bridgehead atoms. The molecule has 0 spiro atoms. The molecule has 4 nitrogen and oxygen atoms in total. The second-order valence-electron chi connectivity index (χ2n) is 4.48. The molecule has 1 aromatic heterocycles. The van der Waals surface area contributed by atoms with Crippen molar-refractivity contribution in [3.8, 4) is 0 Å². The second-order valence-corrected chi connectivity index (χ2v) is 5.46. The zero-order valence-corrected chi connectivity index (χ0v) is 12.2. The Labute approximate surface area is 112 Å². The molecule has 0 saturated heterocycles. The van der Waals surface area contributed by atoms with Gasteiger partial charge >= 0.3 is 5.97 Å². The van der Waals surface area contributed by atoms with E-state index in [-0.39, 0.29) is 11.8 Å². The third-order valence-corrected chi connectivity index (χ3v) is 3.94. The average Bonchev–Trinajstić information content (AvgIpc) is 2.83. The smallest absolute Gasteiger partial charge is 0.371 e. The molecule has 1 aromatic rings. The van der Waals surface area contributed by atoms with Crippen molar-refractivity contribution >= 4 is 17.7 Å². The molecule has 0 amide bonds. The Hall–Kier alpha value is -0.940. The van der Waals surface area contributed by atoms with Crippen LogP contribution < -0.4 is 0 Å². The molecular formula is C13H21NO3S. The standard InChI is InChI=1S/C13H21NO3S/c1-9(7-8-18-4)14(3)10(2)11-5-6-12(17-11)13(15)16/h5-6,9-10H,7-8H2,1-4H3,(H,15,16). The summed E-state index contributed by atoms with van der Waals surface area (Å²) in [6, 6.07) is 3.77. The highest BCUT2D eigenvalue weighted by atomic mass is 32.2. The van der Waals surface area contributed by atoms with Gasteiger partial charge in [-0.3, -0.25) is 4.90 Å². The molecule has 0 aliphatic carbocycles. The first-order chi connectivity index (χ1) is 8.47. The lowest BCUT2D eigenvalue weighted by molar-refractivity contribution is 0.0655. The molecule has 102 valence electrons. The van der Waals surface area contributed by atoms with Crippen molar-refractivity contribution < 1.29 is 14.3 Å². The molecular weight excluding hydrogens is 250 g/mol. The predicted octanol–water partition coefficient (Wildman–Crippen LogP) is 3.11. The van der Waals surface area contributed by atoms with Crippen LogP contribution >= 0.6 is 11.8 Å². The van der Waals surface area contributed by atoms with Crippen LogP contribution in [0.1, 0.15) is 42.6 Å².